The van der Waals surface area contributed by atoms with E-state index in [9.17, 15) is 14.0 Å². The van der Waals surface area contributed by atoms with Crippen molar-refractivity contribution < 1.29 is 18.7 Å². The molecule has 156 valence electrons. The highest BCUT2D eigenvalue weighted by Gasteiger charge is 2.42. The van der Waals surface area contributed by atoms with Gasteiger partial charge in [0.2, 0.25) is 0 Å². The fourth-order valence-corrected chi connectivity index (χ4v) is 4.11. The van der Waals surface area contributed by atoms with Crippen LogP contribution < -0.4 is 9.64 Å². The number of halogens is 2. The van der Waals surface area contributed by atoms with Gasteiger partial charge in [-0.3, -0.25) is 9.59 Å². The third kappa shape index (κ3) is 3.67. The molecule has 0 aliphatic carbocycles. The number of likely N-dealkylation sites (tertiary alicyclic amines) is 1. The van der Waals surface area contributed by atoms with Gasteiger partial charge in [0, 0.05) is 13.1 Å². The molecule has 1 fully saturated rings. The monoisotopic (exact) mass is 428 g/mol. The topological polar surface area (TPSA) is 49.9 Å². The molecule has 0 bridgehead atoms. The molecule has 0 spiro atoms. The van der Waals surface area contributed by atoms with Gasteiger partial charge in [0.15, 0.2) is 0 Å². The van der Waals surface area contributed by atoms with E-state index in [1.54, 1.807) is 24.3 Å². The molecular formula is C23H22ClFN2O3. The maximum Gasteiger partial charge on any atom is 0.282 e. The molecule has 0 radical (unpaired) electrons. The lowest BCUT2D eigenvalue weighted by Crippen LogP contribution is -2.37. The zero-order chi connectivity index (χ0) is 21.3. The van der Waals surface area contributed by atoms with E-state index in [2.05, 4.69) is 0 Å². The first kappa shape index (κ1) is 20.4. The van der Waals surface area contributed by atoms with Crippen LogP contribution in [0.25, 0.3) is 5.57 Å². The predicted octanol–water partition coefficient (Wildman–Crippen LogP) is 4.65. The summed E-state index contributed by atoms with van der Waals surface area (Å²) in [6, 6.07) is 11.0. The number of ether oxygens (including phenoxy) is 1. The Hall–Kier alpha value is -2.86. The molecule has 0 aromatic heterocycles. The van der Waals surface area contributed by atoms with Crippen molar-refractivity contribution >= 4 is 34.7 Å². The first-order valence-corrected chi connectivity index (χ1v) is 10.5. The molecule has 2 heterocycles. The Kier molecular flexibility index (Phi) is 5.77. The number of hydrogen-bond donors (Lipinski definition) is 0. The van der Waals surface area contributed by atoms with Crippen LogP contribution in [0.3, 0.4) is 0 Å². The molecule has 1 saturated heterocycles. The van der Waals surface area contributed by atoms with E-state index in [4.69, 9.17) is 16.3 Å². The zero-order valence-corrected chi connectivity index (χ0v) is 17.4. The Balaban J connectivity index is 1.79. The summed E-state index contributed by atoms with van der Waals surface area (Å²) < 4.78 is 19.1. The van der Waals surface area contributed by atoms with Crippen molar-refractivity contribution in [2.24, 2.45) is 0 Å². The van der Waals surface area contributed by atoms with Crippen LogP contribution in [-0.4, -0.2) is 36.4 Å². The number of anilines is 1. The van der Waals surface area contributed by atoms with Gasteiger partial charge in [0.1, 0.15) is 17.3 Å². The van der Waals surface area contributed by atoms with Crippen LogP contribution >= 0.6 is 11.6 Å². The largest absolute Gasteiger partial charge is 0.494 e. The number of nitrogens with zero attached hydrogens (tertiary/aromatic N) is 2. The van der Waals surface area contributed by atoms with E-state index >= 15 is 0 Å². The van der Waals surface area contributed by atoms with Crippen LogP contribution in [0, 0.1) is 5.82 Å². The highest BCUT2D eigenvalue weighted by Crippen LogP contribution is 2.37. The van der Waals surface area contributed by atoms with Crippen molar-refractivity contribution in [3.05, 3.63) is 64.6 Å². The standard InChI is InChI=1S/C23H22ClFN2O3/c1-2-30-17-9-6-15(7-10-17)20-21(26-12-4-3-5-13-26)23(29)27(22(20)28)16-8-11-19(25)18(24)14-16/h6-11,14H,2-5,12-13H2,1H3. The number of benzene rings is 2. The zero-order valence-electron chi connectivity index (χ0n) is 16.7. The third-order valence-corrected chi connectivity index (χ3v) is 5.64. The van der Waals surface area contributed by atoms with Crippen molar-refractivity contribution in [3.8, 4) is 5.75 Å². The van der Waals surface area contributed by atoms with E-state index in [0.717, 1.165) is 30.2 Å². The number of imide groups is 1. The second kappa shape index (κ2) is 8.48. The smallest absolute Gasteiger partial charge is 0.282 e. The summed E-state index contributed by atoms with van der Waals surface area (Å²) in [7, 11) is 0. The van der Waals surface area contributed by atoms with E-state index in [-0.39, 0.29) is 10.7 Å². The molecule has 7 heteroatoms. The average molecular weight is 429 g/mol. The minimum Gasteiger partial charge on any atom is -0.494 e. The van der Waals surface area contributed by atoms with Gasteiger partial charge >= 0.3 is 0 Å². The van der Waals surface area contributed by atoms with Gasteiger partial charge in [-0.1, -0.05) is 23.7 Å². The van der Waals surface area contributed by atoms with E-state index < -0.39 is 17.6 Å². The fourth-order valence-electron chi connectivity index (χ4n) is 3.93. The van der Waals surface area contributed by atoms with Gasteiger partial charge in [0.05, 0.1) is 22.9 Å². The third-order valence-electron chi connectivity index (χ3n) is 5.35. The minimum atomic E-state index is -0.601. The summed E-state index contributed by atoms with van der Waals surface area (Å²) in [4.78, 5) is 29.9. The molecular weight excluding hydrogens is 407 g/mol. The van der Waals surface area contributed by atoms with Crippen molar-refractivity contribution in [2.45, 2.75) is 26.2 Å². The number of carbonyl (C=O) groups excluding carboxylic acids is 2. The summed E-state index contributed by atoms with van der Waals surface area (Å²) in [6.45, 7) is 3.87. The number of amides is 2. The fraction of sp³-hybridized carbons (Fsp3) is 0.304. The maximum absolute atomic E-state index is 13.6. The Morgan fingerprint density at radius 2 is 1.70 bits per heavy atom. The summed E-state index contributed by atoms with van der Waals surface area (Å²) >= 11 is 5.91. The Labute approximate surface area is 179 Å². The first-order valence-electron chi connectivity index (χ1n) is 10.1. The molecule has 2 aliphatic heterocycles. The highest BCUT2D eigenvalue weighted by atomic mass is 35.5. The van der Waals surface area contributed by atoms with Gasteiger partial charge in [0.25, 0.3) is 11.8 Å². The second-order valence-electron chi connectivity index (χ2n) is 7.27. The number of hydrogen-bond acceptors (Lipinski definition) is 4. The number of rotatable bonds is 5. The van der Waals surface area contributed by atoms with Crippen LogP contribution in [0.5, 0.6) is 5.75 Å². The van der Waals surface area contributed by atoms with E-state index in [0.29, 0.717) is 42.3 Å². The van der Waals surface area contributed by atoms with Crippen LogP contribution in [0.2, 0.25) is 5.02 Å². The van der Waals surface area contributed by atoms with Crippen LogP contribution in [-0.2, 0) is 9.59 Å². The summed E-state index contributed by atoms with van der Waals surface area (Å²) in [5, 5.41) is -0.137. The Bertz CT molecular complexity index is 1010. The molecule has 0 atom stereocenters. The highest BCUT2D eigenvalue weighted by molar-refractivity contribution is 6.45. The SMILES string of the molecule is CCOc1ccc(C2=C(N3CCCCC3)C(=O)N(c3ccc(F)c(Cl)c3)C2=O)cc1. The Morgan fingerprint density at radius 3 is 2.33 bits per heavy atom. The lowest BCUT2D eigenvalue weighted by atomic mass is 10.0. The molecule has 0 N–H and O–H groups in total. The number of piperidine rings is 1. The van der Waals surface area contributed by atoms with Crippen LogP contribution in [0.4, 0.5) is 10.1 Å². The molecule has 0 unspecified atom stereocenters. The minimum absolute atomic E-state index is 0.137. The van der Waals surface area contributed by atoms with E-state index in [1.807, 2.05) is 11.8 Å². The average Bonchev–Trinajstić information content (AvgIpc) is 3.02. The summed E-state index contributed by atoms with van der Waals surface area (Å²) in [5.41, 5.74) is 1.65. The van der Waals surface area contributed by atoms with Gasteiger partial charge < -0.3 is 9.64 Å². The first-order chi connectivity index (χ1) is 14.5. The second-order valence-corrected chi connectivity index (χ2v) is 7.68. The molecule has 2 aliphatic rings. The molecule has 4 rings (SSSR count). The van der Waals surface area contributed by atoms with Crippen molar-refractivity contribution in [3.63, 3.8) is 0 Å². The number of carbonyl (C=O) groups is 2. The van der Waals surface area contributed by atoms with Gasteiger partial charge in [-0.25, -0.2) is 9.29 Å². The quantitative estimate of drug-likeness (QED) is 0.650. The molecule has 2 aromatic rings. The summed E-state index contributed by atoms with van der Waals surface area (Å²) in [5.74, 6) is -0.753. The lowest BCUT2D eigenvalue weighted by molar-refractivity contribution is -0.120. The van der Waals surface area contributed by atoms with Gasteiger partial charge in [-0.2, -0.15) is 0 Å². The van der Waals surface area contributed by atoms with Crippen molar-refractivity contribution in [2.75, 3.05) is 24.6 Å². The molecule has 30 heavy (non-hydrogen) atoms. The molecule has 2 aromatic carbocycles. The Morgan fingerprint density at radius 1 is 1.00 bits per heavy atom. The molecule has 5 nitrogen and oxygen atoms in total. The molecule has 0 saturated carbocycles. The van der Waals surface area contributed by atoms with Gasteiger partial charge in [-0.15, -0.1) is 0 Å². The molecule has 2 amide bonds. The maximum atomic E-state index is 13.6. The van der Waals surface area contributed by atoms with Crippen molar-refractivity contribution in [1.82, 2.24) is 4.90 Å². The normalized spacial score (nSPS) is 17.2. The van der Waals surface area contributed by atoms with Crippen LogP contribution in [0.15, 0.2) is 48.2 Å². The lowest BCUT2D eigenvalue weighted by Gasteiger charge is -2.29. The predicted molar refractivity (Wildman–Crippen MR) is 114 cm³/mol. The van der Waals surface area contributed by atoms with Crippen molar-refractivity contribution in [1.29, 1.82) is 0 Å². The van der Waals surface area contributed by atoms with E-state index in [1.165, 1.54) is 12.1 Å². The van der Waals surface area contributed by atoms with Crippen LogP contribution in [0.1, 0.15) is 31.7 Å². The summed E-state index contributed by atoms with van der Waals surface area (Å²) in [6.07, 6.45) is 3.02. The van der Waals surface area contributed by atoms with Gasteiger partial charge in [-0.05, 0) is 62.1 Å².